The third-order valence-electron chi connectivity index (χ3n) is 5.99. The minimum atomic E-state index is 0.700. The third-order valence-corrected chi connectivity index (χ3v) is 5.99. The lowest BCUT2D eigenvalue weighted by Crippen LogP contribution is -2.34. The van der Waals surface area contributed by atoms with Gasteiger partial charge in [-0.05, 0) is 68.2 Å². The Balaban J connectivity index is 1.60. The molecular formula is C16H29N. The van der Waals surface area contributed by atoms with E-state index in [0.717, 1.165) is 24.3 Å². The van der Waals surface area contributed by atoms with Crippen molar-refractivity contribution in [1.29, 1.82) is 0 Å². The van der Waals surface area contributed by atoms with Crippen LogP contribution >= 0.6 is 0 Å². The van der Waals surface area contributed by atoms with Gasteiger partial charge in [0.05, 0.1) is 0 Å². The van der Waals surface area contributed by atoms with E-state index in [1.807, 2.05) is 0 Å². The lowest BCUT2D eigenvalue weighted by Gasteiger charge is -2.35. The molecule has 0 heterocycles. The van der Waals surface area contributed by atoms with Crippen LogP contribution in [0.1, 0.15) is 64.7 Å². The Labute approximate surface area is 107 Å². The number of hydrogen-bond donors (Lipinski definition) is 1. The first kappa shape index (κ1) is 12.0. The van der Waals surface area contributed by atoms with Gasteiger partial charge in [-0.1, -0.05) is 26.2 Å². The molecule has 3 unspecified atom stereocenters. The summed E-state index contributed by atoms with van der Waals surface area (Å²) < 4.78 is 0. The highest BCUT2D eigenvalue weighted by Gasteiger charge is 2.44. The molecule has 98 valence electrons. The van der Waals surface area contributed by atoms with Crippen molar-refractivity contribution in [3.63, 3.8) is 0 Å². The second kappa shape index (κ2) is 4.91. The average Bonchev–Trinajstić information content (AvgIpc) is 3.03. The van der Waals surface area contributed by atoms with Crippen LogP contribution in [0.15, 0.2) is 0 Å². The van der Waals surface area contributed by atoms with Gasteiger partial charge in [-0.3, -0.25) is 0 Å². The van der Waals surface area contributed by atoms with Crippen molar-refractivity contribution in [3.8, 4) is 0 Å². The van der Waals surface area contributed by atoms with Crippen LogP contribution in [0.4, 0.5) is 0 Å². The molecule has 0 saturated heterocycles. The first-order valence-electron chi connectivity index (χ1n) is 8.02. The summed E-state index contributed by atoms with van der Waals surface area (Å²) in [4.78, 5) is 0. The number of fused-ring (bicyclic) bond motifs is 2. The normalized spacial score (nSPS) is 39.0. The van der Waals surface area contributed by atoms with Crippen LogP contribution in [-0.2, 0) is 0 Å². The second-order valence-electron chi connectivity index (χ2n) is 7.13. The molecule has 0 aromatic rings. The van der Waals surface area contributed by atoms with Crippen LogP contribution in [0, 0.1) is 23.2 Å². The van der Waals surface area contributed by atoms with Crippen LogP contribution in [0.2, 0.25) is 0 Å². The van der Waals surface area contributed by atoms with Crippen molar-refractivity contribution < 1.29 is 0 Å². The van der Waals surface area contributed by atoms with Gasteiger partial charge in [0.15, 0.2) is 0 Å². The topological polar surface area (TPSA) is 12.0 Å². The molecule has 3 atom stereocenters. The van der Waals surface area contributed by atoms with Crippen molar-refractivity contribution in [3.05, 3.63) is 0 Å². The highest BCUT2D eigenvalue weighted by Crippen LogP contribution is 2.54. The van der Waals surface area contributed by atoms with E-state index in [4.69, 9.17) is 0 Å². The molecule has 0 aromatic carbocycles. The van der Waals surface area contributed by atoms with E-state index in [2.05, 4.69) is 12.2 Å². The van der Waals surface area contributed by atoms with Gasteiger partial charge in [0.2, 0.25) is 0 Å². The van der Waals surface area contributed by atoms with E-state index >= 15 is 0 Å². The lowest BCUT2D eigenvalue weighted by molar-refractivity contribution is 0.172. The monoisotopic (exact) mass is 235 g/mol. The molecule has 0 radical (unpaired) electrons. The Morgan fingerprint density at radius 3 is 2.53 bits per heavy atom. The van der Waals surface area contributed by atoms with Crippen LogP contribution in [0.5, 0.6) is 0 Å². The summed E-state index contributed by atoms with van der Waals surface area (Å²) >= 11 is 0. The van der Waals surface area contributed by atoms with E-state index in [1.54, 1.807) is 32.1 Å². The predicted octanol–water partition coefficient (Wildman–Crippen LogP) is 3.98. The van der Waals surface area contributed by atoms with Gasteiger partial charge >= 0.3 is 0 Å². The van der Waals surface area contributed by atoms with E-state index in [9.17, 15) is 0 Å². The quantitative estimate of drug-likeness (QED) is 0.760. The highest BCUT2D eigenvalue weighted by atomic mass is 14.9. The van der Waals surface area contributed by atoms with Gasteiger partial charge < -0.3 is 5.32 Å². The van der Waals surface area contributed by atoms with Gasteiger partial charge in [0.25, 0.3) is 0 Å². The molecule has 0 aromatic heterocycles. The van der Waals surface area contributed by atoms with Crippen LogP contribution in [0.25, 0.3) is 0 Å². The molecule has 2 bridgehead atoms. The summed E-state index contributed by atoms with van der Waals surface area (Å²) in [7, 11) is 0. The summed E-state index contributed by atoms with van der Waals surface area (Å²) in [5.74, 6) is 3.35. The van der Waals surface area contributed by atoms with Crippen LogP contribution in [-0.4, -0.2) is 13.1 Å². The lowest BCUT2D eigenvalue weighted by atomic mass is 9.73. The zero-order valence-corrected chi connectivity index (χ0v) is 11.5. The van der Waals surface area contributed by atoms with Gasteiger partial charge in [-0.2, -0.15) is 0 Å². The largest absolute Gasteiger partial charge is 0.316 e. The molecule has 0 spiro atoms. The third kappa shape index (κ3) is 2.41. The number of nitrogens with one attached hydrogen (secondary N) is 1. The van der Waals surface area contributed by atoms with Crippen molar-refractivity contribution in [2.24, 2.45) is 23.2 Å². The van der Waals surface area contributed by atoms with E-state index in [-0.39, 0.29) is 0 Å². The molecule has 3 rings (SSSR count). The molecule has 3 saturated carbocycles. The second-order valence-corrected chi connectivity index (χ2v) is 7.13. The fourth-order valence-electron chi connectivity index (χ4n) is 5.15. The maximum atomic E-state index is 3.65. The fourth-order valence-corrected chi connectivity index (χ4v) is 5.15. The van der Waals surface area contributed by atoms with Crippen molar-refractivity contribution in [2.75, 3.05) is 13.1 Å². The Hall–Kier alpha value is -0.0400. The SMILES string of the molecule is CCNCC1(CC2CC3CCC2C3)CCCC1. The Kier molecular flexibility index (Phi) is 3.47. The first-order valence-corrected chi connectivity index (χ1v) is 8.02. The van der Waals surface area contributed by atoms with E-state index in [1.165, 1.54) is 32.2 Å². The molecule has 3 aliphatic carbocycles. The smallest absolute Gasteiger partial charge is 0.000779 e. The zero-order chi connectivity index (χ0) is 11.7. The molecule has 3 aliphatic rings. The van der Waals surface area contributed by atoms with Crippen molar-refractivity contribution in [2.45, 2.75) is 64.7 Å². The summed E-state index contributed by atoms with van der Waals surface area (Å²) in [6.45, 7) is 4.70. The summed E-state index contributed by atoms with van der Waals surface area (Å²) in [6, 6.07) is 0. The molecule has 1 nitrogen and oxygen atoms in total. The van der Waals surface area contributed by atoms with Crippen LogP contribution < -0.4 is 5.32 Å². The minimum Gasteiger partial charge on any atom is -0.316 e. The van der Waals surface area contributed by atoms with E-state index < -0.39 is 0 Å². The van der Waals surface area contributed by atoms with Crippen molar-refractivity contribution >= 4 is 0 Å². The van der Waals surface area contributed by atoms with E-state index in [0.29, 0.717) is 5.41 Å². The average molecular weight is 235 g/mol. The molecule has 1 N–H and O–H groups in total. The molecule has 0 aliphatic heterocycles. The zero-order valence-electron chi connectivity index (χ0n) is 11.5. The number of hydrogen-bond acceptors (Lipinski definition) is 1. The van der Waals surface area contributed by atoms with Crippen molar-refractivity contribution in [1.82, 2.24) is 5.32 Å². The summed E-state index contributed by atoms with van der Waals surface area (Å²) in [6.07, 6.45) is 13.8. The molecule has 0 amide bonds. The number of rotatable bonds is 5. The minimum absolute atomic E-state index is 0.700. The molecule has 17 heavy (non-hydrogen) atoms. The summed E-state index contributed by atoms with van der Waals surface area (Å²) in [5.41, 5.74) is 0.700. The van der Waals surface area contributed by atoms with Gasteiger partial charge in [-0.25, -0.2) is 0 Å². The maximum Gasteiger partial charge on any atom is 0.000779 e. The fraction of sp³-hybridized carbons (Fsp3) is 1.00. The Morgan fingerprint density at radius 1 is 1.12 bits per heavy atom. The Morgan fingerprint density at radius 2 is 1.94 bits per heavy atom. The molecule has 1 heteroatoms. The first-order chi connectivity index (χ1) is 8.31. The Bertz CT molecular complexity index is 254. The maximum absolute atomic E-state index is 3.65. The van der Waals surface area contributed by atoms with Gasteiger partial charge in [0, 0.05) is 6.54 Å². The predicted molar refractivity (Wildman–Crippen MR) is 73.0 cm³/mol. The summed E-state index contributed by atoms with van der Waals surface area (Å²) in [5, 5.41) is 3.65. The standard InChI is InChI=1S/C16H29N/c1-2-17-12-16(7-3-4-8-16)11-15-10-13-5-6-14(15)9-13/h13-15,17H,2-12H2,1H3. The van der Waals surface area contributed by atoms with Gasteiger partial charge in [0.1, 0.15) is 0 Å². The van der Waals surface area contributed by atoms with Gasteiger partial charge in [-0.15, -0.1) is 0 Å². The van der Waals surface area contributed by atoms with Crippen LogP contribution in [0.3, 0.4) is 0 Å². The molecular weight excluding hydrogens is 206 g/mol. The highest BCUT2D eigenvalue weighted by molar-refractivity contribution is 4.96. The molecule has 3 fully saturated rings.